The van der Waals surface area contributed by atoms with Gasteiger partial charge >= 0.3 is 5.97 Å². The van der Waals surface area contributed by atoms with Crippen molar-refractivity contribution in [1.82, 2.24) is 4.98 Å². The first-order valence-electron chi connectivity index (χ1n) is 6.70. The standard InChI is InChI=1S/C15H17ClN2O2S/c1-3-20-14(19)8-13-9-21-15(18-13)17-10(2)11-4-6-12(16)7-5-11/h4-7,9-10H,3,8H2,1-2H3,(H,17,18). The van der Waals surface area contributed by atoms with E-state index in [0.29, 0.717) is 6.61 Å². The van der Waals surface area contributed by atoms with E-state index in [-0.39, 0.29) is 18.4 Å². The summed E-state index contributed by atoms with van der Waals surface area (Å²) in [6.45, 7) is 4.23. The van der Waals surface area contributed by atoms with E-state index in [1.54, 1.807) is 6.92 Å². The van der Waals surface area contributed by atoms with Gasteiger partial charge in [0.05, 0.1) is 24.8 Å². The molecule has 6 heteroatoms. The average molecular weight is 325 g/mol. The van der Waals surface area contributed by atoms with Crippen LogP contribution in [0.3, 0.4) is 0 Å². The van der Waals surface area contributed by atoms with Gasteiger partial charge in [-0.05, 0) is 31.5 Å². The summed E-state index contributed by atoms with van der Waals surface area (Å²) in [5, 5.41) is 6.69. The lowest BCUT2D eigenvalue weighted by Crippen LogP contribution is -2.09. The number of carbonyl (C=O) groups is 1. The predicted octanol–water partition coefficient (Wildman–Crippen LogP) is 4.08. The van der Waals surface area contributed by atoms with Crippen molar-refractivity contribution < 1.29 is 9.53 Å². The Morgan fingerprint density at radius 3 is 2.81 bits per heavy atom. The number of esters is 1. The number of hydrogen-bond donors (Lipinski definition) is 1. The van der Waals surface area contributed by atoms with Crippen LogP contribution in [0.25, 0.3) is 0 Å². The van der Waals surface area contributed by atoms with Gasteiger partial charge in [0.2, 0.25) is 0 Å². The molecule has 0 fully saturated rings. The van der Waals surface area contributed by atoms with Gasteiger partial charge in [0.1, 0.15) is 0 Å². The fraction of sp³-hybridized carbons (Fsp3) is 0.333. The molecule has 0 spiro atoms. The van der Waals surface area contributed by atoms with Gasteiger partial charge in [-0.1, -0.05) is 23.7 Å². The van der Waals surface area contributed by atoms with Gasteiger partial charge in [-0.2, -0.15) is 0 Å². The van der Waals surface area contributed by atoms with Crippen molar-refractivity contribution >= 4 is 34.0 Å². The number of benzene rings is 1. The molecule has 112 valence electrons. The van der Waals surface area contributed by atoms with E-state index in [2.05, 4.69) is 17.2 Å². The predicted molar refractivity (Wildman–Crippen MR) is 85.9 cm³/mol. The second-order valence-corrected chi connectivity index (χ2v) is 5.84. The van der Waals surface area contributed by atoms with Crippen LogP contribution in [0.2, 0.25) is 5.02 Å². The molecule has 0 aliphatic carbocycles. The summed E-state index contributed by atoms with van der Waals surface area (Å²) in [5.74, 6) is -0.250. The summed E-state index contributed by atoms with van der Waals surface area (Å²) >= 11 is 7.36. The van der Waals surface area contributed by atoms with Gasteiger partial charge in [-0.3, -0.25) is 4.79 Å². The highest BCUT2D eigenvalue weighted by Gasteiger charge is 2.11. The molecular formula is C15H17ClN2O2S. The molecule has 0 aliphatic rings. The first kappa shape index (κ1) is 15.8. The second kappa shape index (κ2) is 7.43. The van der Waals surface area contributed by atoms with Crippen molar-refractivity contribution in [2.45, 2.75) is 26.3 Å². The van der Waals surface area contributed by atoms with Crippen LogP contribution in [0.4, 0.5) is 5.13 Å². The second-order valence-electron chi connectivity index (χ2n) is 4.54. The van der Waals surface area contributed by atoms with Crippen molar-refractivity contribution in [3.63, 3.8) is 0 Å². The fourth-order valence-electron chi connectivity index (χ4n) is 1.83. The Hall–Kier alpha value is -1.59. The van der Waals surface area contributed by atoms with Crippen molar-refractivity contribution in [1.29, 1.82) is 0 Å². The normalized spacial score (nSPS) is 12.0. The molecule has 0 saturated heterocycles. The molecule has 0 radical (unpaired) electrons. The summed E-state index contributed by atoms with van der Waals surface area (Å²) in [6, 6.07) is 7.80. The lowest BCUT2D eigenvalue weighted by atomic mass is 10.1. The van der Waals surface area contributed by atoms with Crippen LogP contribution in [0.1, 0.15) is 31.1 Å². The largest absolute Gasteiger partial charge is 0.466 e. The highest BCUT2D eigenvalue weighted by Crippen LogP contribution is 2.23. The van der Waals surface area contributed by atoms with Gasteiger partial charge in [0.15, 0.2) is 5.13 Å². The third-order valence-electron chi connectivity index (χ3n) is 2.89. The van der Waals surface area contributed by atoms with Crippen molar-refractivity contribution in [2.24, 2.45) is 0 Å². The zero-order chi connectivity index (χ0) is 15.2. The minimum atomic E-state index is -0.250. The average Bonchev–Trinajstić information content (AvgIpc) is 2.86. The fourth-order valence-corrected chi connectivity index (χ4v) is 2.76. The van der Waals surface area contributed by atoms with E-state index < -0.39 is 0 Å². The van der Waals surface area contributed by atoms with Crippen LogP contribution in [0.5, 0.6) is 0 Å². The number of aromatic nitrogens is 1. The Morgan fingerprint density at radius 2 is 2.14 bits per heavy atom. The first-order chi connectivity index (χ1) is 10.1. The zero-order valence-electron chi connectivity index (χ0n) is 11.9. The third kappa shape index (κ3) is 4.72. The molecule has 21 heavy (non-hydrogen) atoms. The van der Waals surface area contributed by atoms with Crippen LogP contribution in [0, 0.1) is 0 Å². The molecular weight excluding hydrogens is 308 g/mol. The Bertz CT molecular complexity index is 598. The Balaban J connectivity index is 1.95. The van der Waals surface area contributed by atoms with Crippen LogP contribution >= 0.6 is 22.9 Å². The molecule has 2 rings (SSSR count). The Kier molecular flexibility index (Phi) is 5.59. The molecule has 4 nitrogen and oxygen atoms in total. The van der Waals surface area contributed by atoms with E-state index in [9.17, 15) is 4.79 Å². The van der Waals surface area contributed by atoms with Gasteiger partial charge in [0.25, 0.3) is 0 Å². The number of nitrogens with zero attached hydrogens (tertiary/aromatic N) is 1. The van der Waals surface area contributed by atoms with Crippen LogP contribution in [-0.2, 0) is 16.0 Å². The van der Waals surface area contributed by atoms with E-state index in [4.69, 9.17) is 16.3 Å². The first-order valence-corrected chi connectivity index (χ1v) is 7.96. The van der Waals surface area contributed by atoms with Crippen molar-refractivity contribution in [2.75, 3.05) is 11.9 Å². The van der Waals surface area contributed by atoms with Gasteiger partial charge < -0.3 is 10.1 Å². The number of rotatable bonds is 6. The third-order valence-corrected chi connectivity index (χ3v) is 3.97. The van der Waals surface area contributed by atoms with Crippen LogP contribution in [0.15, 0.2) is 29.6 Å². The summed E-state index contributed by atoms with van der Waals surface area (Å²) in [7, 11) is 0. The van der Waals surface area contributed by atoms with Crippen LogP contribution in [-0.4, -0.2) is 17.6 Å². The highest BCUT2D eigenvalue weighted by molar-refractivity contribution is 7.13. The van der Waals surface area contributed by atoms with E-state index in [0.717, 1.165) is 21.4 Å². The summed E-state index contributed by atoms with van der Waals surface area (Å²) in [5.41, 5.74) is 1.85. The maximum absolute atomic E-state index is 11.4. The van der Waals surface area contributed by atoms with Crippen molar-refractivity contribution in [3.05, 3.63) is 45.9 Å². The number of ether oxygens (including phenoxy) is 1. The summed E-state index contributed by atoms with van der Waals surface area (Å²) < 4.78 is 4.91. The Morgan fingerprint density at radius 1 is 1.43 bits per heavy atom. The van der Waals surface area contributed by atoms with Crippen molar-refractivity contribution in [3.8, 4) is 0 Å². The lowest BCUT2D eigenvalue weighted by Gasteiger charge is -2.13. The topological polar surface area (TPSA) is 51.2 Å². The number of thiazole rings is 1. The minimum Gasteiger partial charge on any atom is -0.466 e. The number of hydrogen-bond acceptors (Lipinski definition) is 5. The van der Waals surface area contributed by atoms with Gasteiger partial charge in [-0.25, -0.2) is 4.98 Å². The molecule has 0 saturated carbocycles. The molecule has 1 unspecified atom stereocenters. The zero-order valence-corrected chi connectivity index (χ0v) is 13.5. The monoisotopic (exact) mass is 324 g/mol. The number of nitrogens with one attached hydrogen (secondary N) is 1. The summed E-state index contributed by atoms with van der Waals surface area (Å²) in [4.78, 5) is 15.8. The number of halogens is 1. The molecule has 1 heterocycles. The number of anilines is 1. The number of carbonyl (C=O) groups excluding carboxylic acids is 1. The van der Waals surface area contributed by atoms with Gasteiger partial charge in [-0.15, -0.1) is 11.3 Å². The van der Waals surface area contributed by atoms with Gasteiger partial charge in [0, 0.05) is 10.4 Å². The maximum atomic E-state index is 11.4. The molecule has 0 bridgehead atoms. The molecule has 1 aromatic heterocycles. The molecule has 0 amide bonds. The molecule has 1 N–H and O–H groups in total. The SMILES string of the molecule is CCOC(=O)Cc1csc(NC(C)c2ccc(Cl)cc2)n1. The quantitative estimate of drug-likeness (QED) is 0.814. The summed E-state index contributed by atoms with van der Waals surface area (Å²) in [6.07, 6.45) is 0.210. The Labute approximate surface area is 133 Å². The van der Waals surface area contributed by atoms with E-state index >= 15 is 0 Å². The molecule has 1 atom stereocenters. The smallest absolute Gasteiger partial charge is 0.311 e. The van der Waals surface area contributed by atoms with E-state index in [1.807, 2.05) is 29.6 Å². The molecule has 0 aliphatic heterocycles. The minimum absolute atomic E-state index is 0.115. The highest BCUT2D eigenvalue weighted by atomic mass is 35.5. The van der Waals surface area contributed by atoms with E-state index in [1.165, 1.54) is 11.3 Å². The van der Waals surface area contributed by atoms with Crippen LogP contribution < -0.4 is 5.32 Å². The lowest BCUT2D eigenvalue weighted by molar-refractivity contribution is -0.142. The molecule has 1 aromatic carbocycles. The maximum Gasteiger partial charge on any atom is 0.311 e. The molecule has 2 aromatic rings.